The Balaban J connectivity index is 1.70. The van der Waals surface area contributed by atoms with Gasteiger partial charge in [0.1, 0.15) is 23.0 Å². The number of nitrogens with one attached hydrogen (secondary N) is 2. The largest absolute Gasteiger partial charge is 0.350 e. The second-order valence-electron chi connectivity index (χ2n) is 5.93. The van der Waals surface area contributed by atoms with Crippen LogP contribution in [0.4, 0.5) is 20.4 Å². The van der Waals surface area contributed by atoms with Crippen LogP contribution in [0.5, 0.6) is 0 Å². The molecule has 0 bridgehead atoms. The number of para-hydroxylation sites is 1. The van der Waals surface area contributed by atoms with Gasteiger partial charge in [0.05, 0.1) is 0 Å². The summed E-state index contributed by atoms with van der Waals surface area (Å²) in [5.74, 6) is -1.97. The molecule has 0 aliphatic carbocycles. The summed E-state index contributed by atoms with van der Waals surface area (Å²) in [5.41, 5.74) is 1.36. The van der Waals surface area contributed by atoms with E-state index in [1.165, 1.54) is 12.1 Å². The molecule has 0 aliphatic rings. The summed E-state index contributed by atoms with van der Waals surface area (Å²) < 4.78 is 27.6. The van der Waals surface area contributed by atoms with Gasteiger partial charge in [0.25, 0.3) is 5.91 Å². The van der Waals surface area contributed by atoms with Crippen molar-refractivity contribution in [2.75, 3.05) is 11.9 Å². The van der Waals surface area contributed by atoms with Gasteiger partial charge in [-0.2, -0.15) is 0 Å². The third-order valence-electron chi connectivity index (χ3n) is 3.83. The van der Waals surface area contributed by atoms with Gasteiger partial charge >= 0.3 is 0 Å². The Labute approximate surface area is 155 Å². The van der Waals surface area contributed by atoms with Crippen molar-refractivity contribution in [3.63, 3.8) is 0 Å². The van der Waals surface area contributed by atoms with E-state index in [2.05, 4.69) is 20.6 Å². The average Bonchev–Trinajstić information content (AvgIpc) is 2.65. The third-order valence-corrected chi connectivity index (χ3v) is 3.83. The Morgan fingerprint density at radius 2 is 1.70 bits per heavy atom. The Morgan fingerprint density at radius 1 is 1.00 bits per heavy atom. The molecule has 3 rings (SSSR count). The topological polar surface area (TPSA) is 66.9 Å². The summed E-state index contributed by atoms with van der Waals surface area (Å²) in [7, 11) is 0. The molecule has 0 saturated carbocycles. The molecule has 0 atom stereocenters. The van der Waals surface area contributed by atoms with Gasteiger partial charge in [-0.25, -0.2) is 18.7 Å². The molecule has 7 heteroatoms. The highest BCUT2D eigenvalue weighted by atomic mass is 19.1. The van der Waals surface area contributed by atoms with E-state index < -0.39 is 11.6 Å². The lowest BCUT2D eigenvalue weighted by molar-refractivity contribution is 0.0949. The number of hydrogen-bond donors (Lipinski definition) is 2. The van der Waals surface area contributed by atoms with E-state index in [1.807, 2.05) is 30.3 Å². The van der Waals surface area contributed by atoms with Crippen LogP contribution < -0.4 is 10.6 Å². The number of amides is 1. The van der Waals surface area contributed by atoms with Gasteiger partial charge in [-0.3, -0.25) is 4.79 Å². The minimum absolute atomic E-state index is 0.0489. The van der Waals surface area contributed by atoms with Crippen LogP contribution in [-0.2, 0) is 6.42 Å². The van der Waals surface area contributed by atoms with Crippen molar-refractivity contribution >= 4 is 17.5 Å². The number of aromatic nitrogens is 2. The summed E-state index contributed by atoms with van der Waals surface area (Å²) in [6, 6.07) is 14.8. The number of halogens is 2. The molecular weight excluding hydrogens is 350 g/mol. The Morgan fingerprint density at radius 3 is 2.41 bits per heavy atom. The molecule has 5 nitrogen and oxygen atoms in total. The van der Waals surface area contributed by atoms with Gasteiger partial charge in [-0.05, 0) is 37.1 Å². The number of nitrogens with zero attached hydrogens (tertiary/aromatic N) is 2. The molecule has 138 valence electrons. The van der Waals surface area contributed by atoms with Crippen LogP contribution in [0.25, 0.3) is 0 Å². The molecule has 1 heterocycles. The smallest absolute Gasteiger partial charge is 0.270 e. The number of rotatable bonds is 6. The second-order valence-corrected chi connectivity index (χ2v) is 5.93. The number of carbonyl (C=O) groups is 1. The number of carbonyl (C=O) groups excluding carboxylic acids is 1. The van der Waals surface area contributed by atoms with Crippen molar-refractivity contribution in [2.24, 2.45) is 0 Å². The number of anilines is 2. The van der Waals surface area contributed by atoms with Crippen LogP contribution in [0.1, 0.15) is 21.7 Å². The van der Waals surface area contributed by atoms with Gasteiger partial charge in [-0.15, -0.1) is 0 Å². The van der Waals surface area contributed by atoms with E-state index in [0.717, 1.165) is 17.7 Å². The first-order valence-corrected chi connectivity index (χ1v) is 8.42. The van der Waals surface area contributed by atoms with Crippen molar-refractivity contribution in [3.05, 3.63) is 83.2 Å². The number of hydrogen-bond acceptors (Lipinski definition) is 4. The van der Waals surface area contributed by atoms with Crippen molar-refractivity contribution in [2.45, 2.75) is 13.3 Å². The zero-order valence-corrected chi connectivity index (χ0v) is 14.7. The van der Waals surface area contributed by atoms with Crippen LogP contribution in [0.15, 0.2) is 54.6 Å². The summed E-state index contributed by atoms with van der Waals surface area (Å²) >= 11 is 0. The molecule has 0 aliphatic heterocycles. The highest BCUT2D eigenvalue weighted by Gasteiger charge is 2.14. The molecule has 3 aromatic rings. The fourth-order valence-electron chi connectivity index (χ4n) is 2.53. The first-order chi connectivity index (χ1) is 13.0. The minimum atomic E-state index is -0.769. The highest BCUT2D eigenvalue weighted by Crippen LogP contribution is 2.21. The predicted octanol–water partition coefficient (Wildman–Crippen LogP) is 3.78. The fourth-order valence-corrected chi connectivity index (χ4v) is 2.53. The Hall–Kier alpha value is -3.35. The van der Waals surface area contributed by atoms with Crippen molar-refractivity contribution < 1.29 is 13.6 Å². The monoisotopic (exact) mass is 368 g/mol. The molecule has 0 unspecified atom stereocenters. The number of benzene rings is 2. The van der Waals surface area contributed by atoms with E-state index in [0.29, 0.717) is 18.7 Å². The predicted molar refractivity (Wildman–Crippen MR) is 98.9 cm³/mol. The van der Waals surface area contributed by atoms with Crippen molar-refractivity contribution in [1.82, 2.24) is 15.3 Å². The van der Waals surface area contributed by atoms with Gasteiger partial charge in [0.2, 0.25) is 5.95 Å². The van der Waals surface area contributed by atoms with Crippen LogP contribution in [0, 0.1) is 18.6 Å². The van der Waals surface area contributed by atoms with Crippen LogP contribution in [-0.4, -0.2) is 22.4 Å². The molecular formula is C20H18F2N4O. The van der Waals surface area contributed by atoms with Gasteiger partial charge in [0.15, 0.2) is 0 Å². The molecule has 0 radical (unpaired) electrons. The van der Waals surface area contributed by atoms with E-state index >= 15 is 0 Å². The molecule has 0 saturated heterocycles. The lowest BCUT2D eigenvalue weighted by Gasteiger charge is -2.10. The van der Waals surface area contributed by atoms with Gasteiger partial charge in [-0.1, -0.05) is 36.4 Å². The maximum atomic E-state index is 13.8. The quantitative estimate of drug-likeness (QED) is 0.695. The zero-order valence-electron chi connectivity index (χ0n) is 14.7. The molecule has 1 amide bonds. The lowest BCUT2D eigenvalue weighted by Crippen LogP contribution is -2.27. The van der Waals surface area contributed by atoms with E-state index in [-0.39, 0.29) is 23.2 Å². The SMILES string of the molecule is Cc1cc(C(=O)NCCc2ccccc2)nc(Nc2c(F)cccc2F)n1. The summed E-state index contributed by atoms with van der Waals surface area (Å²) in [4.78, 5) is 20.5. The van der Waals surface area contributed by atoms with Crippen LogP contribution >= 0.6 is 0 Å². The van der Waals surface area contributed by atoms with Crippen LogP contribution in [0.3, 0.4) is 0 Å². The zero-order chi connectivity index (χ0) is 19.2. The third kappa shape index (κ3) is 4.84. The highest BCUT2D eigenvalue weighted by molar-refractivity contribution is 5.92. The molecule has 1 aromatic heterocycles. The summed E-state index contributed by atoms with van der Waals surface area (Å²) in [5, 5.41) is 5.29. The van der Waals surface area contributed by atoms with E-state index in [4.69, 9.17) is 0 Å². The van der Waals surface area contributed by atoms with Gasteiger partial charge < -0.3 is 10.6 Å². The first-order valence-electron chi connectivity index (χ1n) is 8.42. The maximum absolute atomic E-state index is 13.8. The van der Waals surface area contributed by atoms with Crippen molar-refractivity contribution in [3.8, 4) is 0 Å². The molecule has 2 N–H and O–H groups in total. The number of aryl methyl sites for hydroxylation is 1. The first kappa shape index (κ1) is 18.4. The summed E-state index contributed by atoms with van der Waals surface area (Å²) in [6.45, 7) is 2.11. The maximum Gasteiger partial charge on any atom is 0.270 e. The summed E-state index contributed by atoms with van der Waals surface area (Å²) in [6.07, 6.45) is 0.683. The lowest BCUT2D eigenvalue weighted by atomic mass is 10.1. The van der Waals surface area contributed by atoms with Crippen molar-refractivity contribution in [1.29, 1.82) is 0 Å². The average molecular weight is 368 g/mol. The van der Waals surface area contributed by atoms with E-state index in [1.54, 1.807) is 6.92 Å². The Kier molecular flexibility index (Phi) is 5.71. The second kappa shape index (κ2) is 8.35. The standard InChI is InChI=1S/C20H18F2N4O/c1-13-12-17(19(27)23-11-10-14-6-3-2-4-7-14)25-20(24-13)26-18-15(21)8-5-9-16(18)22/h2-9,12H,10-11H2,1H3,(H,23,27)(H,24,25,26). The van der Waals surface area contributed by atoms with Gasteiger partial charge in [0, 0.05) is 12.2 Å². The van der Waals surface area contributed by atoms with Crippen LogP contribution in [0.2, 0.25) is 0 Å². The minimum Gasteiger partial charge on any atom is -0.350 e. The molecule has 0 fully saturated rings. The fraction of sp³-hybridized carbons (Fsp3) is 0.150. The Bertz CT molecular complexity index is 928. The molecule has 0 spiro atoms. The normalized spacial score (nSPS) is 10.5. The van der Waals surface area contributed by atoms with E-state index in [9.17, 15) is 13.6 Å². The molecule has 27 heavy (non-hydrogen) atoms. The molecule has 2 aromatic carbocycles.